The van der Waals surface area contributed by atoms with E-state index in [-0.39, 0.29) is 69.2 Å². The fourth-order valence-electron chi connectivity index (χ4n) is 2.04. The van der Waals surface area contributed by atoms with Gasteiger partial charge in [-0.05, 0) is 12.1 Å². The zero-order chi connectivity index (χ0) is 19.4. The molecule has 1 aromatic carbocycles. The van der Waals surface area contributed by atoms with Crippen molar-refractivity contribution in [2.45, 2.75) is 25.7 Å². The Morgan fingerprint density at radius 2 is 1.27 bits per heavy atom. The number of Topliss-reactive ketones (excluding diaryl/α,β-unsaturated/α-hetero) is 2. The molecular weight excluding hydrogens is 344 g/mol. The number of carbonyl (C=O) groups excluding carboxylic acids is 3. The maximum absolute atomic E-state index is 11.8. The van der Waals surface area contributed by atoms with E-state index in [1.54, 1.807) is 6.07 Å². The normalized spacial score (nSPS) is 10.3. The third-order valence-electron chi connectivity index (χ3n) is 3.38. The highest BCUT2D eigenvalue weighted by Crippen LogP contribution is 2.24. The predicted octanol–water partition coefficient (Wildman–Crippen LogP) is 0.914. The van der Waals surface area contributed by atoms with Gasteiger partial charge in [0.05, 0.1) is 25.9 Å². The Bertz CT molecular complexity index is 569. The number of aliphatic hydroxyl groups is 2. The number of ether oxygens (including phenoxy) is 3. The molecule has 0 saturated heterocycles. The lowest BCUT2D eigenvalue weighted by Crippen LogP contribution is -2.10. The molecular formula is C18H24O8. The van der Waals surface area contributed by atoms with Crippen molar-refractivity contribution in [3.8, 4) is 11.5 Å². The highest BCUT2D eigenvalue weighted by molar-refractivity contribution is 5.90. The van der Waals surface area contributed by atoms with Crippen molar-refractivity contribution in [3.63, 3.8) is 0 Å². The zero-order valence-electron chi connectivity index (χ0n) is 14.7. The number of hydrogen-bond donors (Lipinski definition) is 2. The molecule has 1 rings (SSSR count). The molecule has 8 heteroatoms. The van der Waals surface area contributed by atoms with Crippen LogP contribution in [0.1, 0.15) is 36.0 Å². The monoisotopic (exact) mass is 368 g/mol. The van der Waals surface area contributed by atoms with Crippen LogP contribution in [-0.4, -0.2) is 61.3 Å². The first-order chi connectivity index (χ1) is 12.5. The summed E-state index contributed by atoms with van der Waals surface area (Å²) in [5.41, 5.74) is 0.211. The number of esters is 1. The van der Waals surface area contributed by atoms with Gasteiger partial charge in [0.15, 0.2) is 0 Å². The van der Waals surface area contributed by atoms with E-state index in [1.807, 2.05) is 0 Å². The van der Waals surface area contributed by atoms with Gasteiger partial charge < -0.3 is 24.4 Å². The quantitative estimate of drug-likeness (QED) is 0.493. The fourth-order valence-corrected chi connectivity index (χ4v) is 2.04. The molecule has 0 aliphatic carbocycles. The maximum Gasteiger partial charge on any atom is 0.338 e. The average Bonchev–Trinajstić information content (AvgIpc) is 2.61. The second-order valence-corrected chi connectivity index (χ2v) is 5.41. The van der Waals surface area contributed by atoms with Gasteiger partial charge in [0.2, 0.25) is 0 Å². The van der Waals surface area contributed by atoms with Gasteiger partial charge in [0.25, 0.3) is 0 Å². The maximum atomic E-state index is 11.8. The molecule has 0 bridgehead atoms. The van der Waals surface area contributed by atoms with Gasteiger partial charge in [-0.2, -0.15) is 0 Å². The molecule has 0 amide bonds. The van der Waals surface area contributed by atoms with Crippen LogP contribution >= 0.6 is 0 Å². The van der Waals surface area contributed by atoms with E-state index in [0.717, 1.165) is 0 Å². The van der Waals surface area contributed by atoms with Crippen molar-refractivity contribution in [3.05, 3.63) is 23.8 Å². The van der Waals surface area contributed by atoms with E-state index in [2.05, 4.69) is 4.74 Å². The molecule has 0 spiro atoms. The second kappa shape index (κ2) is 12.0. The smallest absolute Gasteiger partial charge is 0.338 e. The molecule has 0 radical (unpaired) electrons. The lowest BCUT2D eigenvalue weighted by Gasteiger charge is -2.11. The highest BCUT2D eigenvalue weighted by atomic mass is 16.5. The molecule has 8 nitrogen and oxygen atoms in total. The molecule has 0 heterocycles. The SMILES string of the molecule is COC(=O)c1cc(OCCC(=O)CCO)cc(OCCC(=O)CCO)c1. The van der Waals surface area contributed by atoms with Crippen LogP contribution in [0.3, 0.4) is 0 Å². The van der Waals surface area contributed by atoms with E-state index in [9.17, 15) is 14.4 Å². The van der Waals surface area contributed by atoms with Crippen molar-refractivity contribution in [2.24, 2.45) is 0 Å². The van der Waals surface area contributed by atoms with Gasteiger partial charge in [0, 0.05) is 45.0 Å². The first-order valence-corrected chi connectivity index (χ1v) is 8.24. The van der Waals surface area contributed by atoms with Crippen LogP contribution < -0.4 is 9.47 Å². The van der Waals surface area contributed by atoms with Crippen LogP contribution in [0.5, 0.6) is 11.5 Å². The summed E-state index contributed by atoms with van der Waals surface area (Å²) in [5, 5.41) is 17.4. The minimum absolute atomic E-state index is 0.0712. The summed E-state index contributed by atoms with van der Waals surface area (Å²) < 4.78 is 15.6. The fraction of sp³-hybridized carbons (Fsp3) is 0.500. The van der Waals surface area contributed by atoms with Crippen LogP contribution in [0.2, 0.25) is 0 Å². The van der Waals surface area contributed by atoms with Gasteiger partial charge in [-0.1, -0.05) is 0 Å². The second-order valence-electron chi connectivity index (χ2n) is 5.41. The summed E-state index contributed by atoms with van der Waals surface area (Å²) in [7, 11) is 1.25. The number of aliphatic hydroxyl groups excluding tert-OH is 2. The van der Waals surface area contributed by atoms with Crippen molar-refractivity contribution >= 4 is 17.5 Å². The molecule has 26 heavy (non-hydrogen) atoms. The highest BCUT2D eigenvalue weighted by Gasteiger charge is 2.12. The Morgan fingerprint density at radius 3 is 1.65 bits per heavy atom. The standard InChI is InChI=1S/C18H24O8/c1-24-18(23)13-10-16(25-8-4-14(21)2-6-19)12-17(11-13)26-9-5-15(22)3-7-20/h10-12,19-20H,2-9H2,1H3. The summed E-state index contributed by atoms with van der Waals surface area (Å²) in [4.78, 5) is 34.5. The Balaban J connectivity index is 2.71. The van der Waals surface area contributed by atoms with Gasteiger partial charge >= 0.3 is 5.97 Å². The van der Waals surface area contributed by atoms with Crippen LogP contribution in [0.15, 0.2) is 18.2 Å². The zero-order valence-corrected chi connectivity index (χ0v) is 14.7. The van der Waals surface area contributed by atoms with E-state index < -0.39 is 5.97 Å². The van der Waals surface area contributed by atoms with Crippen LogP contribution in [0, 0.1) is 0 Å². The molecule has 144 valence electrons. The number of benzene rings is 1. The van der Waals surface area contributed by atoms with Crippen molar-refractivity contribution < 1.29 is 38.8 Å². The molecule has 0 aliphatic heterocycles. The summed E-state index contributed by atoms with van der Waals surface area (Å²) >= 11 is 0. The number of rotatable bonds is 13. The number of methoxy groups -OCH3 is 1. The molecule has 1 aromatic rings. The molecule has 0 aromatic heterocycles. The van der Waals surface area contributed by atoms with E-state index in [0.29, 0.717) is 11.5 Å². The van der Waals surface area contributed by atoms with Crippen LogP contribution in [0.4, 0.5) is 0 Å². The molecule has 0 aliphatic rings. The van der Waals surface area contributed by atoms with Crippen molar-refractivity contribution in [1.29, 1.82) is 0 Å². The van der Waals surface area contributed by atoms with Gasteiger partial charge in [0.1, 0.15) is 23.1 Å². The van der Waals surface area contributed by atoms with E-state index >= 15 is 0 Å². The van der Waals surface area contributed by atoms with Crippen molar-refractivity contribution in [2.75, 3.05) is 33.5 Å². The minimum atomic E-state index is -0.576. The summed E-state index contributed by atoms with van der Waals surface area (Å²) in [6.07, 6.45) is 0.410. The van der Waals surface area contributed by atoms with Crippen molar-refractivity contribution in [1.82, 2.24) is 0 Å². The lowest BCUT2D eigenvalue weighted by atomic mass is 10.2. The predicted molar refractivity (Wildman–Crippen MR) is 91.4 cm³/mol. The largest absolute Gasteiger partial charge is 0.493 e. The first kappa shape index (κ1) is 21.6. The Morgan fingerprint density at radius 1 is 0.808 bits per heavy atom. The topological polar surface area (TPSA) is 119 Å². The number of ketones is 2. The van der Waals surface area contributed by atoms with Gasteiger partial charge in [-0.15, -0.1) is 0 Å². The van der Waals surface area contributed by atoms with Crippen LogP contribution in [0.25, 0.3) is 0 Å². The Labute approximate surface area is 151 Å². The molecule has 0 unspecified atom stereocenters. The average molecular weight is 368 g/mol. The van der Waals surface area contributed by atoms with E-state index in [4.69, 9.17) is 19.7 Å². The van der Waals surface area contributed by atoms with Crippen LogP contribution in [-0.2, 0) is 14.3 Å². The third-order valence-corrected chi connectivity index (χ3v) is 3.38. The third kappa shape index (κ3) is 8.09. The van der Waals surface area contributed by atoms with E-state index in [1.165, 1.54) is 19.2 Å². The molecule has 0 atom stereocenters. The molecule has 2 N–H and O–H groups in total. The molecule has 0 saturated carbocycles. The summed E-state index contributed by atoms with van der Waals surface area (Å²) in [5.74, 6) is -0.193. The summed E-state index contributed by atoms with van der Waals surface area (Å²) in [6.45, 7) is -0.219. The minimum Gasteiger partial charge on any atom is -0.493 e. The lowest BCUT2D eigenvalue weighted by molar-refractivity contribution is -0.121. The van der Waals surface area contributed by atoms with Gasteiger partial charge in [-0.3, -0.25) is 9.59 Å². The van der Waals surface area contributed by atoms with Gasteiger partial charge in [-0.25, -0.2) is 4.79 Å². The Hall–Kier alpha value is -2.45. The summed E-state index contributed by atoms with van der Waals surface area (Å²) in [6, 6.07) is 4.47. The Kier molecular flexibility index (Phi) is 9.96. The number of carbonyl (C=O) groups is 3. The molecule has 0 fully saturated rings. The number of hydrogen-bond acceptors (Lipinski definition) is 8. The first-order valence-electron chi connectivity index (χ1n) is 8.24.